The molecule has 0 atom stereocenters. The number of rotatable bonds is 4. The van der Waals surface area contributed by atoms with Crippen LogP contribution in [0.4, 0.5) is 36.7 Å². The quantitative estimate of drug-likeness (QED) is 0.898. The molecule has 0 unspecified atom stereocenters. The fraction of sp³-hybridized carbons (Fsp3) is 0.267. The number of halogens is 2. The van der Waals surface area contributed by atoms with Crippen molar-refractivity contribution < 1.29 is 13.6 Å². The molecule has 0 radical (unpaired) electrons. The predicted octanol–water partition coefficient (Wildman–Crippen LogP) is 2.53. The van der Waals surface area contributed by atoms with Gasteiger partial charge in [-0.1, -0.05) is 0 Å². The normalized spacial score (nSPS) is 10.2. The standard InChI is InChI=1S/C15H18F2N6O/c1-22(2)13-12(8-18-14(21-13)23(3)4)20-15(24)19-9-5-6-10(16)11(17)7-9/h5-8H,1-4H3,(H2,19,20,24). The van der Waals surface area contributed by atoms with Gasteiger partial charge in [-0.3, -0.25) is 0 Å². The van der Waals surface area contributed by atoms with Gasteiger partial charge in [0.25, 0.3) is 0 Å². The van der Waals surface area contributed by atoms with E-state index in [1.165, 1.54) is 12.3 Å². The molecular weight excluding hydrogens is 318 g/mol. The van der Waals surface area contributed by atoms with E-state index < -0.39 is 17.7 Å². The molecule has 2 rings (SSSR count). The predicted molar refractivity (Wildman–Crippen MR) is 89.7 cm³/mol. The molecule has 0 aliphatic rings. The van der Waals surface area contributed by atoms with E-state index in [-0.39, 0.29) is 5.69 Å². The van der Waals surface area contributed by atoms with Gasteiger partial charge in [0.1, 0.15) is 5.69 Å². The van der Waals surface area contributed by atoms with Crippen molar-refractivity contribution in [3.8, 4) is 0 Å². The van der Waals surface area contributed by atoms with Crippen LogP contribution in [-0.2, 0) is 0 Å². The zero-order chi connectivity index (χ0) is 17.9. The van der Waals surface area contributed by atoms with Gasteiger partial charge in [0.15, 0.2) is 17.5 Å². The second kappa shape index (κ2) is 7.07. The molecule has 0 bridgehead atoms. The molecule has 1 aromatic heterocycles. The van der Waals surface area contributed by atoms with Crippen molar-refractivity contribution in [1.82, 2.24) is 9.97 Å². The highest BCUT2D eigenvalue weighted by Gasteiger charge is 2.13. The van der Waals surface area contributed by atoms with Crippen molar-refractivity contribution in [2.24, 2.45) is 0 Å². The molecule has 2 amide bonds. The Balaban J connectivity index is 2.17. The number of urea groups is 1. The molecule has 2 aromatic rings. The molecular formula is C15H18F2N6O. The maximum atomic E-state index is 13.2. The first-order valence-corrected chi connectivity index (χ1v) is 7.02. The first kappa shape index (κ1) is 17.4. The summed E-state index contributed by atoms with van der Waals surface area (Å²) in [5.41, 5.74) is 0.509. The molecule has 0 aliphatic carbocycles. The molecule has 7 nitrogen and oxygen atoms in total. The van der Waals surface area contributed by atoms with Crippen molar-refractivity contribution in [2.75, 3.05) is 48.6 Å². The van der Waals surface area contributed by atoms with Crippen LogP contribution in [-0.4, -0.2) is 44.2 Å². The van der Waals surface area contributed by atoms with Crippen LogP contribution in [0.2, 0.25) is 0 Å². The third-order valence-electron chi connectivity index (χ3n) is 3.01. The summed E-state index contributed by atoms with van der Waals surface area (Å²) in [7, 11) is 7.16. The van der Waals surface area contributed by atoms with E-state index in [9.17, 15) is 13.6 Å². The minimum Gasteiger partial charge on any atom is -0.361 e. The van der Waals surface area contributed by atoms with Gasteiger partial charge in [-0.2, -0.15) is 4.98 Å². The van der Waals surface area contributed by atoms with Gasteiger partial charge in [0.05, 0.1) is 6.20 Å². The van der Waals surface area contributed by atoms with Gasteiger partial charge < -0.3 is 20.4 Å². The molecule has 9 heteroatoms. The Morgan fingerprint density at radius 1 is 1.04 bits per heavy atom. The molecule has 1 aromatic carbocycles. The van der Waals surface area contributed by atoms with Crippen LogP contribution < -0.4 is 20.4 Å². The van der Waals surface area contributed by atoms with E-state index in [0.29, 0.717) is 17.5 Å². The second-order valence-corrected chi connectivity index (χ2v) is 5.40. The summed E-state index contributed by atoms with van der Waals surface area (Å²) < 4.78 is 26.1. The topological polar surface area (TPSA) is 73.4 Å². The Morgan fingerprint density at radius 3 is 2.33 bits per heavy atom. The third-order valence-corrected chi connectivity index (χ3v) is 3.01. The molecule has 0 saturated heterocycles. The number of anilines is 4. The van der Waals surface area contributed by atoms with Gasteiger partial charge in [-0.15, -0.1) is 0 Å². The van der Waals surface area contributed by atoms with E-state index in [1.807, 2.05) is 0 Å². The fourth-order valence-electron chi connectivity index (χ4n) is 1.87. The number of carbonyl (C=O) groups excluding carboxylic acids is 1. The minimum absolute atomic E-state index is 0.128. The zero-order valence-electron chi connectivity index (χ0n) is 13.8. The SMILES string of the molecule is CN(C)c1ncc(NC(=O)Nc2ccc(F)c(F)c2)c(N(C)C)n1. The number of nitrogens with one attached hydrogen (secondary N) is 2. The number of hydrogen-bond donors (Lipinski definition) is 2. The van der Waals surface area contributed by atoms with Gasteiger partial charge >= 0.3 is 6.03 Å². The number of aromatic nitrogens is 2. The molecule has 1 heterocycles. The number of nitrogens with zero attached hydrogens (tertiary/aromatic N) is 4. The number of hydrogen-bond acceptors (Lipinski definition) is 5. The number of amides is 2. The molecule has 0 aliphatic heterocycles. The fourth-order valence-corrected chi connectivity index (χ4v) is 1.87. The molecule has 2 N–H and O–H groups in total. The highest BCUT2D eigenvalue weighted by molar-refractivity contribution is 6.01. The van der Waals surface area contributed by atoms with Crippen LogP contribution >= 0.6 is 0 Å². The van der Waals surface area contributed by atoms with E-state index >= 15 is 0 Å². The molecule has 0 spiro atoms. The highest BCUT2D eigenvalue weighted by Crippen LogP contribution is 2.23. The van der Waals surface area contributed by atoms with E-state index in [4.69, 9.17) is 0 Å². The van der Waals surface area contributed by atoms with Crippen molar-refractivity contribution in [1.29, 1.82) is 0 Å². The van der Waals surface area contributed by atoms with Crippen LogP contribution in [0.3, 0.4) is 0 Å². The van der Waals surface area contributed by atoms with Crippen LogP contribution in [0.5, 0.6) is 0 Å². The Labute approximate surface area is 138 Å². The van der Waals surface area contributed by atoms with E-state index in [1.54, 1.807) is 38.0 Å². The monoisotopic (exact) mass is 336 g/mol. The maximum Gasteiger partial charge on any atom is 0.323 e. The minimum atomic E-state index is -1.04. The summed E-state index contributed by atoms with van der Waals surface area (Å²) in [4.78, 5) is 24.0. The van der Waals surface area contributed by atoms with Crippen molar-refractivity contribution in [3.63, 3.8) is 0 Å². The average Bonchev–Trinajstić information content (AvgIpc) is 2.50. The van der Waals surface area contributed by atoms with Gasteiger partial charge in [-0.05, 0) is 12.1 Å². The smallest absolute Gasteiger partial charge is 0.323 e. The van der Waals surface area contributed by atoms with Crippen molar-refractivity contribution in [2.45, 2.75) is 0 Å². The lowest BCUT2D eigenvalue weighted by molar-refractivity contribution is 0.262. The molecule has 128 valence electrons. The maximum absolute atomic E-state index is 13.2. The summed E-state index contributed by atoms with van der Waals surface area (Å²) in [5.74, 6) is -1.02. The highest BCUT2D eigenvalue weighted by atomic mass is 19.2. The Morgan fingerprint density at radius 2 is 1.75 bits per heavy atom. The Kier molecular flexibility index (Phi) is 5.12. The van der Waals surface area contributed by atoms with E-state index in [2.05, 4.69) is 20.6 Å². The molecule has 0 saturated carbocycles. The lowest BCUT2D eigenvalue weighted by Gasteiger charge is -2.19. The third kappa shape index (κ3) is 4.06. The van der Waals surface area contributed by atoms with Gasteiger partial charge in [0, 0.05) is 39.9 Å². The Hall–Kier alpha value is -2.97. The number of benzene rings is 1. The van der Waals surface area contributed by atoms with Crippen LogP contribution in [0.15, 0.2) is 24.4 Å². The Bertz CT molecular complexity index is 751. The molecule has 0 fully saturated rings. The van der Waals surface area contributed by atoms with Gasteiger partial charge in [-0.25, -0.2) is 18.6 Å². The lowest BCUT2D eigenvalue weighted by atomic mass is 10.3. The summed E-state index contributed by atoms with van der Waals surface area (Å²) in [5, 5.41) is 5.01. The van der Waals surface area contributed by atoms with E-state index in [0.717, 1.165) is 12.1 Å². The summed E-state index contributed by atoms with van der Waals surface area (Å²) in [6.07, 6.45) is 1.47. The number of carbonyl (C=O) groups is 1. The van der Waals surface area contributed by atoms with Crippen LogP contribution in [0.25, 0.3) is 0 Å². The first-order valence-electron chi connectivity index (χ1n) is 7.02. The van der Waals surface area contributed by atoms with Gasteiger partial charge in [0.2, 0.25) is 5.95 Å². The lowest BCUT2D eigenvalue weighted by Crippen LogP contribution is -2.23. The zero-order valence-corrected chi connectivity index (χ0v) is 13.8. The summed E-state index contributed by atoms with van der Waals surface area (Å²) >= 11 is 0. The summed E-state index contributed by atoms with van der Waals surface area (Å²) in [6.45, 7) is 0. The summed E-state index contributed by atoms with van der Waals surface area (Å²) in [6, 6.07) is 2.47. The van der Waals surface area contributed by atoms with Crippen LogP contribution in [0, 0.1) is 11.6 Å². The largest absolute Gasteiger partial charge is 0.361 e. The van der Waals surface area contributed by atoms with Crippen molar-refractivity contribution >= 4 is 29.2 Å². The van der Waals surface area contributed by atoms with Crippen molar-refractivity contribution in [3.05, 3.63) is 36.0 Å². The second-order valence-electron chi connectivity index (χ2n) is 5.40. The molecule has 24 heavy (non-hydrogen) atoms. The average molecular weight is 336 g/mol. The first-order chi connectivity index (χ1) is 11.3. The van der Waals surface area contributed by atoms with Crippen LogP contribution in [0.1, 0.15) is 0 Å².